The highest BCUT2D eigenvalue weighted by atomic mass is 16.5. The third kappa shape index (κ3) is 3.55. The van der Waals surface area contributed by atoms with Crippen LogP contribution in [0.3, 0.4) is 0 Å². The number of carbonyl (C=O) groups excluding carboxylic acids is 1. The molecular formula is C26H27N3O3. The molecule has 1 amide bonds. The van der Waals surface area contributed by atoms with E-state index in [0.29, 0.717) is 5.69 Å². The van der Waals surface area contributed by atoms with Crippen molar-refractivity contribution >= 4 is 5.91 Å². The van der Waals surface area contributed by atoms with E-state index >= 15 is 0 Å². The summed E-state index contributed by atoms with van der Waals surface area (Å²) in [5.41, 5.74) is 2.17. The number of aromatic nitrogens is 1. The summed E-state index contributed by atoms with van der Waals surface area (Å²) in [6, 6.07) is 21.7. The van der Waals surface area contributed by atoms with E-state index in [4.69, 9.17) is 4.74 Å². The van der Waals surface area contributed by atoms with E-state index in [1.807, 2.05) is 48.1 Å². The molecule has 1 fully saturated rings. The maximum atomic E-state index is 13.5. The van der Waals surface area contributed by atoms with Crippen LogP contribution in [0.2, 0.25) is 0 Å². The number of rotatable bonds is 4. The van der Waals surface area contributed by atoms with Gasteiger partial charge in [0.05, 0.1) is 6.04 Å². The van der Waals surface area contributed by atoms with Gasteiger partial charge in [0.1, 0.15) is 12.8 Å². The largest absolute Gasteiger partial charge is 0.482 e. The van der Waals surface area contributed by atoms with Crippen LogP contribution in [-0.4, -0.2) is 28.7 Å². The van der Waals surface area contributed by atoms with E-state index in [1.54, 1.807) is 11.1 Å². The topological polar surface area (TPSA) is 54.8 Å². The van der Waals surface area contributed by atoms with Gasteiger partial charge in [-0.3, -0.25) is 19.3 Å². The van der Waals surface area contributed by atoms with Crippen LogP contribution in [0.15, 0.2) is 77.7 Å². The molecule has 1 aromatic heterocycles. The molecule has 3 heterocycles. The second-order valence-electron chi connectivity index (χ2n) is 8.46. The summed E-state index contributed by atoms with van der Waals surface area (Å²) >= 11 is 0. The lowest BCUT2D eigenvalue weighted by Gasteiger charge is -2.48. The molecule has 0 N–H and O–H groups in total. The van der Waals surface area contributed by atoms with Gasteiger partial charge in [0.25, 0.3) is 5.91 Å². The Hall–Kier alpha value is -3.54. The van der Waals surface area contributed by atoms with Gasteiger partial charge in [-0.05, 0) is 30.4 Å². The smallest absolute Gasteiger partial charge is 0.277 e. The molecule has 0 spiro atoms. The highest BCUT2D eigenvalue weighted by Crippen LogP contribution is 2.37. The van der Waals surface area contributed by atoms with Crippen LogP contribution in [0.1, 0.15) is 53.3 Å². The van der Waals surface area contributed by atoms with E-state index < -0.39 is 0 Å². The molecule has 2 unspecified atom stereocenters. The third-order valence-electron chi connectivity index (χ3n) is 6.48. The molecule has 2 aromatic carbocycles. The molecule has 3 aromatic rings. The van der Waals surface area contributed by atoms with Crippen molar-refractivity contribution in [2.24, 2.45) is 0 Å². The normalized spacial score (nSPS) is 20.3. The Morgan fingerprint density at radius 1 is 0.906 bits per heavy atom. The fourth-order valence-electron chi connectivity index (χ4n) is 4.86. The molecular weight excluding hydrogens is 402 g/mol. The van der Waals surface area contributed by atoms with Gasteiger partial charge in [-0.25, -0.2) is 0 Å². The van der Waals surface area contributed by atoms with Crippen molar-refractivity contribution in [3.63, 3.8) is 0 Å². The Kier molecular flexibility index (Phi) is 5.43. The van der Waals surface area contributed by atoms with Crippen molar-refractivity contribution in [2.45, 2.75) is 44.5 Å². The maximum Gasteiger partial charge on any atom is 0.277 e. The first-order valence-electron chi connectivity index (χ1n) is 11.2. The Morgan fingerprint density at radius 2 is 1.59 bits per heavy atom. The van der Waals surface area contributed by atoms with Gasteiger partial charge in [-0.2, -0.15) is 0 Å². The summed E-state index contributed by atoms with van der Waals surface area (Å²) < 4.78 is 7.86. The van der Waals surface area contributed by atoms with Crippen LogP contribution >= 0.6 is 0 Å². The fourth-order valence-corrected chi connectivity index (χ4v) is 4.86. The lowest BCUT2D eigenvalue weighted by Crippen LogP contribution is -2.60. The van der Waals surface area contributed by atoms with Crippen LogP contribution in [0, 0.1) is 0 Å². The zero-order valence-electron chi connectivity index (χ0n) is 18.2. The van der Waals surface area contributed by atoms with Crippen LogP contribution < -0.4 is 15.2 Å². The molecule has 164 valence electrons. The van der Waals surface area contributed by atoms with Crippen molar-refractivity contribution in [3.8, 4) is 5.75 Å². The average molecular weight is 430 g/mol. The Morgan fingerprint density at radius 3 is 2.34 bits per heavy atom. The average Bonchev–Trinajstić information content (AvgIpc) is 3.06. The molecule has 0 radical (unpaired) electrons. The SMILES string of the molecule is CN1C(=O)c2c(OCc3ccccc3)c(=O)ccn2N2C(c3ccccc3)CCCCC12. The van der Waals surface area contributed by atoms with E-state index in [2.05, 4.69) is 29.3 Å². The first-order chi connectivity index (χ1) is 15.6. The number of hydrogen-bond donors (Lipinski definition) is 0. The maximum absolute atomic E-state index is 13.5. The Balaban J connectivity index is 1.61. The summed E-state index contributed by atoms with van der Waals surface area (Å²) in [6.45, 7) is 0.232. The first-order valence-corrected chi connectivity index (χ1v) is 11.2. The van der Waals surface area contributed by atoms with Crippen molar-refractivity contribution < 1.29 is 9.53 Å². The monoisotopic (exact) mass is 429 g/mol. The molecule has 1 saturated heterocycles. The van der Waals surface area contributed by atoms with Crippen LogP contribution in [0.4, 0.5) is 0 Å². The summed E-state index contributed by atoms with van der Waals surface area (Å²) in [6.07, 6.45) is 5.65. The molecule has 5 rings (SSSR count). The number of amides is 1. The van der Waals surface area contributed by atoms with Crippen LogP contribution in [0.5, 0.6) is 5.75 Å². The number of benzene rings is 2. The lowest BCUT2D eigenvalue weighted by molar-refractivity contribution is 0.0604. The zero-order valence-corrected chi connectivity index (χ0v) is 18.2. The minimum absolute atomic E-state index is 0.0767. The summed E-state index contributed by atoms with van der Waals surface area (Å²) in [5.74, 6) is -0.0663. The fraction of sp³-hybridized carbons (Fsp3) is 0.308. The molecule has 32 heavy (non-hydrogen) atoms. The third-order valence-corrected chi connectivity index (χ3v) is 6.48. The van der Waals surface area contributed by atoms with Crippen molar-refractivity contribution in [3.05, 3.63) is 100.0 Å². The minimum Gasteiger partial charge on any atom is -0.482 e. The standard InChI is InChI=1S/C26H27N3O3/c1-27-23-15-9-8-14-21(20-12-6-3-7-13-20)29(23)28-17-16-22(30)25(24(28)26(27)31)32-18-19-10-4-2-5-11-19/h2-7,10-13,16-17,21,23H,8-9,14-15,18H2,1H3. The van der Waals surface area contributed by atoms with Crippen LogP contribution in [-0.2, 0) is 6.61 Å². The van der Waals surface area contributed by atoms with Crippen LogP contribution in [0.25, 0.3) is 0 Å². The molecule has 6 nitrogen and oxygen atoms in total. The number of pyridine rings is 1. The lowest BCUT2D eigenvalue weighted by atomic mass is 10.0. The van der Waals surface area contributed by atoms with Gasteiger partial charge in [-0.15, -0.1) is 0 Å². The van der Waals surface area contributed by atoms with Crippen molar-refractivity contribution in [1.82, 2.24) is 9.58 Å². The van der Waals surface area contributed by atoms with Gasteiger partial charge in [0.15, 0.2) is 11.4 Å². The molecule has 2 aliphatic rings. The van der Waals surface area contributed by atoms with Gasteiger partial charge in [-0.1, -0.05) is 67.1 Å². The summed E-state index contributed by atoms with van der Waals surface area (Å²) in [4.78, 5) is 28.1. The number of fused-ring (bicyclic) bond motifs is 3. The number of hydrogen-bond acceptors (Lipinski definition) is 4. The predicted molar refractivity (Wildman–Crippen MR) is 123 cm³/mol. The molecule has 0 saturated carbocycles. The quantitative estimate of drug-likeness (QED) is 0.627. The number of ether oxygens (including phenoxy) is 1. The second-order valence-corrected chi connectivity index (χ2v) is 8.46. The van der Waals surface area contributed by atoms with Gasteiger partial charge in [0.2, 0.25) is 5.43 Å². The Labute approximate surface area is 187 Å². The van der Waals surface area contributed by atoms with E-state index in [0.717, 1.165) is 31.2 Å². The molecule has 0 aliphatic carbocycles. The first kappa shape index (κ1) is 20.4. The van der Waals surface area contributed by atoms with E-state index in [9.17, 15) is 9.59 Å². The highest BCUT2D eigenvalue weighted by Gasteiger charge is 2.42. The molecule has 2 atom stereocenters. The predicted octanol–water partition coefficient (Wildman–Crippen LogP) is 4.09. The van der Waals surface area contributed by atoms with Gasteiger partial charge >= 0.3 is 0 Å². The van der Waals surface area contributed by atoms with E-state index in [1.165, 1.54) is 11.6 Å². The van der Waals surface area contributed by atoms with Gasteiger partial charge < -0.3 is 9.64 Å². The molecule has 0 bridgehead atoms. The zero-order chi connectivity index (χ0) is 22.1. The van der Waals surface area contributed by atoms with Crippen molar-refractivity contribution in [2.75, 3.05) is 12.1 Å². The highest BCUT2D eigenvalue weighted by molar-refractivity contribution is 5.96. The van der Waals surface area contributed by atoms with Gasteiger partial charge in [0, 0.05) is 19.3 Å². The second kappa shape index (κ2) is 8.54. The summed E-state index contributed by atoms with van der Waals surface area (Å²) in [7, 11) is 1.83. The number of nitrogens with zero attached hydrogens (tertiary/aromatic N) is 3. The molecule has 6 heteroatoms. The Bertz CT molecular complexity index is 1160. The minimum atomic E-state index is -0.279. The number of carbonyl (C=O) groups is 1. The van der Waals surface area contributed by atoms with Crippen molar-refractivity contribution in [1.29, 1.82) is 0 Å². The van der Waals surface area contributed by atoms with E-state index in [-0.39, 0.29) is 35.9 Å². The summed E-state index contributed by atoms with van der Waals surface area (Å²) in [5, 5.41) is 2.26. The molecule has 2 aliphatic heterocycles.